The van der Waals surface area contributed by atoms with Gasteiger partial charge in [-0.2, -0.15) is 0 Å². The first-order valence-electron chi connectivity index (χ1n) is 8.03. The van der Waals surface area contributed by atoms with Gasteiger partial charge in [0.05, 0.1) is 32.2 Å². The highest BCUT2D eigenvalue weighted by molar-refractivity contribution is 9.10. The van der Waals surface area contributed by atoms with Gasteiger partial charge in [-0.3, -0.25) is 29.9 Å². The number of methoxy groups -OCH3 is 1. The Morgan fingerprint density at radius 3 is 2.63 bits per heavy atom. The van der Waals surface area contributed by atoms with Crippen molar-refractivity contribution >= 4 is 85.7 Å². The first-order valence-corrected chi connectivity index (χ1v) is 9.98. The summed E-state index contributed by atoms with van der Waals surface area (Å²) in [5.41, 5.74) is -0.233. The van der Waals surface area contributed by atoms with E-state index >= 15 is 0 Å². The number of carbonyl (C=O) groups excluding carboxylic acids is 2. The summed E-state index contributed by atoms with van der Waals surface area (Å²) < 4.78 is 5.31. The van der Waals surface area contributed by atoms with Crippen LogP contribution in [-0.4, -0.2) is 29.0 Å². The molecular weight excluding hydrogens is 521 g/mol. The Balaban J connectivity index is 2.12. The third-order valence-electron chi connectivity index (χ3n) is 4.03. The van der Waals surface area contributed by atoms with Crippen molar-refractivity contribution in [3.05, 3.63) is 66.1 Å². The number of nitro benzene ring substituents is 1. The Bertz CT molecular complexity index is 1150. The van der Waals surface area contributed by atoms with Crippen LogP contribution in [0.1, 0.15) is 5.56 Å². The molecule has 0 radical (unpaired) electrons. The maximum Gasteiger partial charge on any atom is 0.312 e. The van der Waals surface area contributed by atoms with Gasteiger partial charge in [0.2, 0.25) is 5.75 Å². The molecule has 1 heterocycles. The first-order chi connectivity index (χ1) is 14.1. The van der Waals surface area contributed by atoms with Gasteiger partial charge in [-0.05, 0) is 58.0 Å². The molecule has 1 aliphatic heterocycles. The predicted molar refractivity (Wildman–Crippen MR) is 120 cm³/mol. The van der Waals surface area contributed by atoms with Crippen molar-refractivity contribution < 1.29 is 19.2 Å². The standard InChI is InChI=1S/C18H10BrCl2N3O5S/c1-29-15-10(19)6-8(7-13(15)24(27)28)5-9-16(25)22-18(30)23(17(9)26)12-4-2-3-11(20)14(12)21/h2-7H,1H3,(H,22,25,30)/b9-5+. The van der Waals surface area contributed by atoms with E-state index in [4.69, 9.17) is 40.2 Å². The van der Waals surface area contributed by atoms with Crippen molar-refractivity contribution in [1.82, 2.24) is 5.32 Å². The second kappa shape index (κ2) is 8.68. The summed E-state index contributed by atoms with van der Waals surface area (Å²) in [5, 5.41) is 13.8. The van der Waals surface area contributed by atoms with Gasteiger partial charge in [0.1, 0.15) is 5.57 Å². The predicted octanol–water partition coefficient (Wildman–Crippen LogP) is 4.50. The van der Waals surface area contributed by atoms with Crippen LogP contribution >= 0.6 is 51.3 Å². The zero-order valence-corrected chi connectivity index (χ0v) is 18.9. The number of halogens is 3. The highest BCUT2D eigenvalue weighted by atomic mass is 79.9. The van der Waals surface area contributed by atoms with Crippen LogP contribution in [0.4, 0.5) is 11.4 Å². The summed E-state index contributed by atoms with van der Waals surface area (Å²) in [6.45, 7) is 0. The van der Waals surface area contributed by atoms with Gasteiger partial charge < -0.3 is 4.74 Å². The molecule has 0 bridgehead atoms. The SMILES string of the molecule is COc1c(Br)cc(/C=C2\C(=O)NC(=S)N(c3cccc(Cl)c3Cl)C2=O)cc1[N+](=O)[O-]. The fourth-order valence-electron chi connectivity index (χ4n) is 2.73. The van der Waals surface area contributed by atoms with Gasteiger partial charge in [0.15, 0.2) is 5.11 Å². The Hall–Kier alpha value is -2.53. The summed E-state index contributed by atoms with van der Waals surface area (Å²) in [7, 11) is 1.29. The van der Waals surface area contributed by atoms with Crippen molar-refractivity contribution in [1.29, 1.82) is 0 Å². The van der Waals surface area contributed by atoms with E-state index in [0.717, 1.165) is 4.90 Å². The maximum absolute atomic E-state index is 13.1. The number of nitrogens with zero attached hydrogens (tertiary/aromatic N) is 2. The van der Waals surface area contributed by atoms with E-state index in [1.165, 1.54) is 37.5 Å². The number of carbonyl (C=O) groups is 2. The summed E-state index contributed by atoms with van der Waals surface area (Å²) >= 11 is 20.5. The van der Waals surface area contributed by atoms with Crippen molar-refractivity contribution in [2.24, 2.45) is 0 Å². The largest absolute Gasteiger partial charge is 0.489 e. The Morgan fingerprint density at radius 2 is 2.00 bits per heavy atom. The quantitative estimate of drug-likeness (QED) is 0.205. The van der Waals surface area contributed by atoms with Gasteiger partial charge in [0.25, 0.3) is 11.8 Å². The van der Waals surface area contributed by atoms with Crippen LogP contribution in [0.2, 0.25) is 10.0 Å². The number of ether oxygens (including phenoxy) is 1. The highest BCUT2D eigenvalue weighted by Gasteiger charge is 2.36. The maximum atomic E-state index is 13.1. The number of rotatable bonds is 4. The molecule has 2 aromatic carbocycles. The smallest absolute Gasteiger partial charge is 0.312 e. The van der Waals surface area contributed by atoms with Gasteiger partial charge in [-0.25, -0.2) is 0 Å². The van der Waals surface area contributed by atoms with E-state index in [0.29, 0.717) is 0 Å². The summed E-state index contributed by atoms with van der Waals surface area (Å²) in [4.78, 5) is 37.2. The molecule has 2 aromatic rings. The van der Waals surface area contributed by atoms with Gasteiger partial charge in [-0.15, -0.1) is 0 Å². The monoisotopic (exact) mass is 529 g/mol. The van der Waals surface area contributed by atoms with Crippen LogP contribution in [0.5, 0.6) is 5.75 Å². The van der Waals surface area contributed by atoms with Crippen molar-refractivity contribution in [2.45, 2.75) is 0 Å². The molecule has 0 aromatic heterocycles. The molecule has 154 valence electrons. The minimum absolute atomic E-state index is 0.00934. The molecule has 3 rings (SSSR count). The van der Waals surface area contributed by atoms with E-state index in [1.54, 1.807) is 6.07 Å². The number of amides is 2. The van der Waals surface area contributed by atoms with Crippen LogP contribution in [0, 0.1) is 10.1 Å². The van der Waals surface area contributed by atoms with E-state index in [2.05, 4.69) is 21.2 Å². The Kier molecular flexibility index (Phi) is 6.41. The van der Waals surface area contributed by atoms with E-state index in [9.17, 15) is 19.7 Å². The number of hydrogen-bond acceptors (Lipinski definition) is 6. The van der Waals surface area contributed by atoms with Crippen LogP contribution < -0.4 is 15.0 Å². The lowest BCUT2D eigenvalue weighted by molar-refractivity contribution is -0.385. The molecule has 0 atom stereocenters. The molecule has 0 spiro atoms. The van der Waals surface area contributed by atoms with Gasteiger partial charge in [-0.1, -0.05) is 29.3 Å². The topological polar surface area (TPSA) is 102 Å². The van der Waals surface area contributed by atoms with Gasteiger partial charge in [0, 0.05) is 6.07 Å². The van der Waals surface area contributed by atoms with Crippen molar-refractivity contribution in [3.63, 3.8) is 0 Å². The Labute approximate surface area is 193 Å². The molecule has 1 fully saturated rings. The number of hydrogen-bond donors (Lipinski definition) is 1. The van der Waals surface area contributed by atoms with Crippen LogP contribution in [0.15, 0.2) is 40.4 Å². The van der Waals surface area contributed by atoms with Gasteiger partial charge >= 0.3 is 5.69 Å². The lowest BCUT2D eigenvalue weighted by atomic mass is 10.1. The lowest BCUT2D eigenvalue weighted by Gasteiger charge is -2.29. The van der Waals surface area contributed by atoms with Crippen LogP contribution in [-0.2, 0) is 9.59 Å². The van der Waals surface area contributed by atoms with Crippen molar-refractivity contribution in [3.8, 4) is 5.75 Å². The minimum Gasteiger partial charge on any atom is -0.489 e. The molecule has 30 heavy (non-hydrogen) atoms. The van der Waals surface area contributed by atoms with E-state index in [1.807, 2.05) is 0 Å². The second-order valence-electron chi connectivity index (χ2n) is 5.84. The third-order valence-corrected chi connectivity index (χ3v) is 5.71. The molecule has 2 amide bonds. The summed E-state index contributed by atoms with van der Waals surface area (Å²) in [6.07, 6.45) is 1.21. The summed E-state index contributed by atoms with van der Waals surface area (Å²) in [6, 6.07) is 7.28. The fourth-order valence-corrected chi connectivity index (χ4v) is 4.01. The normalized spacial score (nSPS) is 15.4. The molecule has 1 N–H and O–H groups in total. The highest BCUT2D eigenvalue weighted by Crippen LogP contribution is 2.37. The van der Waals surface area contributed by atoms with E-state index in [-0.39, 0.29) is 47.9 Å². The number of nitrogens with one attached hydrogen (secondary N) is 1. The molecule has 0 unspecified atom stereocenters. The minimum atomic E-state index is -0.762. The third kappa shape index (κ3) is 4.04. The molecule has 1 saturated heterocycles. The van der Waals surface area contributed by atoms with Crippen LogP contribution in [0.3, 0.4) is 0 Å². The zero-order valence-electron chi connectivity index (χ0n) is 14.9. The molecule has 0 saturated carbocycles. The molecular formula is C18H10BrCl2N3O5S. The molecule has 12 heteroatoms. The number of nitro groups is 1. The van der Waals surface area contributed by atoms with E-state index < -0.39 is 16.7 Å². The second-order valence-corrected chi connectivity index (χ2v) is 7.87. The lowest BCUT2D eigenvalue weighted by Crippen LogP contribution is -2.54. The average Bonchev–Trinajstić information content (AvgIpc) is 2.67. The number of anilines is 1. The first kappa shape index (κ1) is 22.2. The molecule has 0 aliphatic carbocycles. The number of benzene rings is 2. The van der Waals surface area contributed by atoms with Crippen molar-refractivity contribution in [2.75, 3.05) is 12.0 Å². The average molecular weight is 531 g/mol. The zero-order chi connectivity index (χ0) is 22.2. The van der Waals surface area contributed by atoms with Crippen LogP contribution in [0.25, 0.3) is 6.08 Å². The molecule has 1 aliphatic rings. The molecule has 8 nitrogen and oxygen atoms in total. The summed E-state index contributed by atoms with van der Waals surface area (Å²) in [5.74, 6) is -1.51. The fraction of sp³-hybridized carbons (Fsp3) is 0.0556. The number of thiocarbonyl (C=S) groups is 1. The Morgan fingerprint density at radius 1 is 1.30 bits per heavy atom.